The summed E-state index contributed by atoms with van der Waals surface area (Å²) in [6.07, 6.45) is -2.38. The van der Waals surface area contributed by atoms with Crippen molar-refractivity contribution < 1.29 is 22.2 Å². The Kier molecular flexibility index (Phi) is 6.29. The van der Waals surface area contributed by atoms with Crippen LogP contribution in [0.15, 0.2) is 24.3 Å². The molecule has 0 spiro atoms. The first kappa shape index (κ1) is 20.3. The average Bonchev–Trinajstić information content (AvgIpc) is 2.98. The van der Waals surface area contributed by atoms with Gasteiger partial charge in [0.1, 0.15) is 6.54 Å². The average molecular weight is 411 g/mol. The lowest BCUT2D eigenvalue weighted by molar-refractivity contribution is -0.140. The number of carbonyl (C=O) groups excluding carboxylic acids is 1. The molecule has 0 unspecified atom stereocenters. The molecule has 1 aliphatic rings. The van der Waals surface area contributed by atoms with Gasteiger partial charge in [0.25, 0.3) is 0 Å². The summed E-state index contributed by atoms with van der Waals surface area (Å²) in [5.41, 5.74) is 1.42. The maximum atomic E-state index is 13.1. The van der Waals surface area contributed by atoms with E-state index in [2.05, 4.69) is 22.5 Å². The minimum Gasteiger partial charge on any atom is -0.382 e. The van der Waals surface area contributed by atoms with Crippen LogP contribution in [0.2, 0.25) is 0 Å². The molecule has 0 atom stereocenters. The van der Waals surface area contributed by atoms with Crippen LogP contribution in [-0.4, -0.2) is 45.5 Å². The summed E-state index contributed by atoms with van der Waals surface area (Å²) in [4.78, 5) is 10.3. The van der Waals surface area contributed by atoms with Crippen molar-refractivity contribution in [1.29, 1.82) is 0 Å². The van der Waals surface area contributed by atoms with Crippen LogP contribution in [0.1, 0.15) is 18.5 Å². The molecular formula is C19H20F3N3O2S. The molecule has 28 heavy (non-hydrogen) atoms. The summed E-state index contributed by atoms with van der Waals surface area (Å²) in [7, 11) is -0.781. The molecule has 1 fully saturated rings. The highest BCUT2D eigenvalue weighted by molar-refractivity contribution is 7.85. The monoisotopic (exact) mass is 411 g/mol. The van der Waals surface area contributed by atoms with E-state index < -0.39 is 23.5 Å². The molecule has 0 aliphatic carbocycles. The van der Waals surface area contributed by atoms with Gasteiger partial charge in [0.05, 0.1) is 17.8 Å². The van der Waals surface area contributed by atoms with Gasteiger partial charge < -0.3 is 15.2 Å². The summed E-state index contributed by atoms with van der Waals surface area (Å²) in [5, 5.41) is 6.41. The lowest BCUT2D eigenvalue weighted by Gasteiger charge is -2.24. The van der Waals surface area contributed by atoms with Crippen molar-refractivity contribution in [2.75, 3.05) is 23.4 Å². The van der Waals surface area contributed by atoms with E-state index >= 15 is 0 Å². The topological polar surface area (TPSA) is 63.1 Å². The maximum Gasteiger partial charge on any atom is 0.406 e. The van der Waals surface area contributed by atoms with Crippen LogP contribution >= 0.6 is 0 Å². The molecule has 0 radical (unpaired) electrons. The Morgan fingerprint density at radius 3 is 2.71 bits per heavy atom. The number of nitrogens with one attached hydrogen (secondary N) is 2. The molecule has 1 aromatic carbocycles. The molecular weight excluding hydrogens is 391 g/mol. The van der Waals surface area contributed by atoms with Gasteiger partial charge in [-0.05, 0) is 37.0 Å². The fourth-order valence-electron chi connectivity index (χ4n) is 3.25. The summed E-state index contributed by atoms with van der Waals surface area (Å²) < 4.78 is 52.0. The second-order valence-electron chi connectivity index (χ2n) is 6.54. The number of amides is 1. The van der Waals surface area contributed by atoms with Gasteiger partial charge in [-0.2, -0.15) is 13.2 Å². The Morgan fingerprint density at radius 2 is 2.04 bits per heavy atom. The first-order valence-corrected chi connectivity index (χ1v) is 10.3. The molecule has 2 N–H and O–H groups in total. The number of halogens is 3. The zero-order valence-electron chi connectivity index (χ0n) is 15.0. The number of carbonyl (C=O) groups is 1. The number of rotatable bonds is 5. The normalized spacial score (nSPS) is 19.7. The number of alkyl halides is 3. The highest BCUT2D eigenvalue weighted by Gasteiger charge is 2.30. The van der Waals surface area contributed by atoms with E-state index in [0.717, 1.165) is 23.1 Å². The van der Waals surface area contributed by atoms with E-state index in [0.29, 0.717) is 28.8 Å². The molecule has 0 saturated carbocycles. The Morgan fingerprint density at radius 1 is 1.29 bits per heavy atom. The van der Waals surface area contributed by atoms with E-state index in [-0.39, 0.29) is 18.3 Å². The number of benzene rings is 1. The van der Waals surface area contributed by atoms with E-state index in [1.807, 2.05) is 6.07 Å². The summed E-state index contributed by atoms with van der Waals surface area (Å²) >= 11 is 0. The van der Waals surface area contributed by atoms with Crippen molar-refractivity contribution in [2.45, 2.75) is 31.6 Å². The molecule has 1 saturated heterocycles. The summed E-state index contributed by atoms with van der Waals surface area (Å²) in [6.45, 7) is -1.09. The van der Waals surface area contributed by atoms with Gasteiger partial charge in [0.2, 0.25) is 6.41 Å². The Bertz CT molecular complexity index is 934. The van der Waals surface area contributed by atoms with Crippen LogP contribution in [0, 0.1) is 11.8 Å². The Hall–Kier alpha value is -2.47. The van der Waals surface area contributed by atoms with Crippen LogP contribution in [0.4, 0.5) is 18.9 Å². The molecule has 9 heteroatoms. The molecule has 2 aromatic rings. The lowest BCUT2D eigenvalue weighted by Crippen LogP contribution is -2.29. The number of anilines is 1. The number of fused-ring (bicyclic) bond motifs is 1. The first-order chi connectivity index (χ1) is 13.4. The standard InChI is InChI=1S/C19H20F3N3O2S/c20-19(21,22)12-25-15(3-2-8-23-13-26)11-16-17(4-1-5-18(16)25)24-14-6-9-28(27)10-7-14/h1,4-5,11,13-14,24H,6-10,12H2,(H,23,26). The maximum absolute atomic E-state index is 13.1. The minimum absolute atomic E-state index is 0.0569. The molecule has 3 rings (SSSR count). The quantitative estimate of drug-likeness (QED) is 0.452. The Labute approximate surface area is 163 Å². The molecule has 2 heterocycles. The molecule has 1 amide bonds. The summed E-state index contributed by atoms with van der Waals surface area (Å²) in [5.74, 6) is 6.64. The number of aromatic nitrogens is 1. The fourth-order valence-corrected chi connectivity index (χ4v) is 4.55. The minimum atomic E-state index is -4.39. The van der Waals surface area contributed by atoms with Gasteiger partial charge in [0, 0.05) is 39.4 Å². The van der Waals surface area contributed by atoms with Gasteiger partial charge in [-0.15, -0.1) is 0 Å². The van der Waals surface area contributed by atoms with Crippen LogP contribution in [0.3, 0.4) is 0 Å². The first-order valence-electron chi connectivity index (χ1n) is 8.84. The highest BCUT2D eigenvalue weighted by atomic mass is 32.2. The second kappa shape index (κ2) is 8.69. The van der Waals surface area contributed by atoms with Gasteiger partial charge in [-0.1, -0.05) is 12.0 Å². The van der Waals surface area contributed by atoms with E-state index in [1.54, 1.807) is 18.2 Å². The van der Waals surface area contributed by atoms with Crippen molar-refractivity contribution in [3.63, 3.8) is 0 Å². The van der Waals surface area contributed by atoms with Crippen molar-refractivity contribution in [3.05, 3.63) is 30.0 Å². The molecule has 0 bridgehead atoms. The molecule has 150 valence electrons. The second-order valence-corrected chi connectivity index (χ2v) is 8.23. The van der Waals surface area contributed by atoms with Crippen molar-refractivity contribution >= 4 is 33.8 Å². The van der Waals surface area contributed by atoms with Crippen molar-refractivity contribution in [2.24, 2.45) is 0 Å². The zero-order valence-corrected chi connectivity index (χ0v) is 15.8. The van der Waals surface area contributed by atoms with Crippen LogP contribution in [-0.2, 0) is 22.1 Å². The van der Waals surface area contributed by atoms with Gasteiger partial charge in [-0.3, -0.25) is 9.00 Å². The van der Waals surface area contributed by atoms with E-state index in [1.165, 1.54) is 0 Å². The van der Waals surface area contributed by atoms with Crippen LogP contribution < -0.4 is 10.6 Å². The smallest absolute Gasteiger partial charge is 0.382 e. The number of nitrogens with zero attached hydrogens (tertiary/aromatic N) is 1. The van der Waals surface area contributed by atoms with E-state index in [4.69, 9.17) is 0 Å². The van der Waals surface area contributed by atoms with Crippen molar-refractivity contribution in [3.8, 4) is 11.8 Å². The number of hydrogen-bond donors (Lipinski definition) is 2. The molecule has 5 nitrogen and oxygen atoms in total. The molecule has 1 aliphatic heterocycles. The van der Waals surface area contributed by atoms with Crippen LogP contribution in [0.5, 0.6) is 0 Å². The summed E-state index contributed by atoms with van der Waals surface area (Å²) in [6, 6.07) is 6.95. The van der Waals surface area contributed by atoms with E-state index in [9.17, 15) is 22.2 Å². The third-order valence-corrected chi connectivity index (χ3v) is 5.90. The van der Waals surface area contributed by atoms with Gasteiger partial charge in [0.15, 0.2) is 0 Å². The fraction of sp³-hybridized carbons (Fsp3) is 0.421. The third-order valence-electron chi connectivity index (χ3n) is 4.52. The van der Waals surface area contributed by atoms with Crippen molar-refractivity contribution in [1.82, 2.24) is 9.88 Å². The van der Waals surface area contributed by atoms with Gasteiger partial charge >= 0.3 is 6.18 Å². The van der Waals surface area contributed by atoms with Gasteiger partial charge in [-0.25, -0.2) is 0 Å². The Balaban J connectivity index is 1.96. The lowest BCUT2D eigenvalue weighted by atomic mass is 10.1. The highest BCUT2D eigenvalue weighted by Crippen LogP contribution is 2.31. The predicted octanol–water partition coefficient (Wildman–Crippen LogP) is 2.62. The zero-order chi connectivity index (χ0) is 20.1. The SMILES string of the molecule is O=CNCC#Cc1cc2c(NC3CCS(=O)CC3)cccc2n1CC(F)(F)F. The predicted molar refractivity (Wildman–Crippen MR) is 103 cm³/mol. The van der Waals surface area contributed by atoms with Crippen LogP contribution in [0.25, 0.3) is 10.9 Å². The third kappa shape index (κ3) is 5.07. The largest absolute Gasteiger partial charge is 0.406 e. The molecule has 1 aromatic heterocycles. The number of hydrogen-bond acceptors (Lipinski definition) is 3.